The average molecular weight is 293 g/mol. The van der Waals surface area contributed by atoms with Crippen LogP contribution in [0.25, 0.3) is 0 Å². The first-order chi connectivity index (χ1) is 9.99. The molecule has 0 saturated heterocycles. The van der Waals surface area contributed by atoms with Gasteiger partial charge in [-0.25, -0.2) is 4.79 Å². The van der Waals surface area contributed by atoms with Crippen molar-refractivity contribution >= 4 is 17.7 Å². The highest BCUT2D eigenvalue weighted by Crippen LogP contribution is 2.30. The van der Waals surface area contributed by atoms with Gasteiger partial charge in [0, 0.05) is 0 Å². The Bertz CT molecular complexity index is 592. The number of carbonyl (C=O) groups excluding carboxylic acids is 2. The maximum atomic E-state index is 11.8. The lowest BCUT2D eigenvalue weighted by Gasteiger charge is -2.16. The van der Waals surface area contributed by atoms with Gasteiger partial charge in [-0.2, -0.15) is 0 Å². The molecule has 0 amide bonds. The summed E-state index contributed by atoms with van der Waals surface area (Å²) in [6.45, 7) is 1.90. The lowest BCUT2D eigenvalue weighted by atomic mass is 9.89. The van der Waals surface area contributed by atoms with Crippen molar-refractivity contribution < 1.29 is 28.8 Å². The highest BCUT2D eigenvalue weighted by Gasteiger charge is 2.49. The van der Waals surface area contributed by atoms with E-state index in [1.165, 1.54) is 7.11 Å². The molecule has 2 atom stereocenters. The average Bonchev–Trinajstić information content (AvgIpc) is 2.84. The standard InChI is InChI=1S/C14H15NO6/c1-8-4-6-9(7-5-8)10-11(13(16)19-2)15(18)21-12(10)14(17)20-3/h4-7,10,12H,1-3H3. The monoisotopic (exact) mass is 293 g/mol. The van der Waals surface area contributed by atoms with Gasteiger partial charge in [-0.05, 0) is 12.5 Å². The van der Waals surface area contributed by atoms with Crippen LogP contribution in [0.15, 0.2) is 24.3 Å². The number of ether oxygens (including phenoxy) is 2. The minimum atomic E-state index is -1.22. The molecule has 1 heterocycles. The van der Waals surface area contributed by atoms with Gasteiger partial charge in [0.1, 0.15) is 5.92 Å². The second-order valence-corrected chi connectivity index (χ2v) is 4.57. The number of rotatable bonds is 3. The van der Waals surface area contributed by atoms with E-state index in [1.807, 2.05) is 19.1 Å². The molecule has 1 aliphatic heterocycles. The topological polar surface area (TPSA) is 87.9 Å². The normalized spacial score (nSPS) is 20.9. The molecule has 0 fully saturated rings. The zero-order valence-corrected chi connectivity index (χ0v) is 11.9. The van der Waals surface area contributed by atoms with E-state index < -0.39 is 24.0 Å². The Morgan fingerprint density at radius 2 is 1.81 bits per heavy atom. The molecule has 7 nitrogen and oxygen atoms in total. The summed E-state index contributed by atoms with van der Waals surface area (Å²) < 4.78 is 9.22. The minimum absolute atomic E-state index is 0.0257. The van der Waals surface area contributed by atoms with Gasteiger partial charge in [0.15, 0.2) is 6.10 Å². The van der Waals surface area contributed by atoms with Crippen molar-refractivity contribution in [2.45, 2.75) is 18.9 Å². The predicted molar refractivity (Wildman–Crippen MR) is 71.5 cm³/mol. The van der Waals surface area contributed by atoms with E-state index in [-0.39, 0.29) is 10.6 Å². The van der Waals surface area contributed by atoms with E-state index in [0.717, 1.165) is 12.7 Å². The van der Waals surface area contributed by atoms with Crippen LogP contribution in [0.4, 0.5) is 0 Å². The highest BCUT2D eigenvalue weighted by molar-refractivity contribution is 6.37. The van der Waals surface area contributed by atoms with Crippen LogP contribution in [-0.2, 0) is 23.9 Å². The van der Waals surface area contributed by atoms with E-state index in [2.05, 4.69) is 9.47 Å². The maximum Gasteiger partial charge on any atom is 0.405 e. The summed E-state index contributed by atoms with van der Waals surface area (Å²) in [4.78, 5) is 28.5. The molecule has 0 aliphatic carbocycles. The van der Waals surface area contributed by atoms with Crippen molar-refractivity contribution in [2.24, 2.45) is 0 Å². The molecule has 21 heavy (non-hydrogen) atoms. The number of benzene rings is 1. The quantitative estimate of drug-likeness (QED) is 0.602. The lowest BCUT2D eigenvalue weighted by Crippen LogP contribution is -2.33. The first-order valence-corrected chi connectivity index (χ1v) is 6.23. The molecule has 0 N–H and O–H groups in total. The summed E-state index contributed by atoms with van der Waals surface area (Å²) in [5.41, 5.74) is 1.32. The summed E-state index contributed by atoms with van der Waals surface area (Å²) in [6, 6.07) is 7.07. The number of esters is 2. The van der Waals surface area contributed by atoms with Gasteiger partial charge in [-0.3, -0.25) is 10.0 Å². The molecule has 2 unspecified atom stereocenters. The summed E-state index contributed by atoms with van der Waals surface area (Å²) in [5.74, 6) is -2.45. The summed E-state index contributed by atoms with van der Waals surface area (Å²) in [5, 5.41) is 11.8. The number of hydrogen-bond acceptors (Lipinski definition) is 6. The van der Waals surface area contributed by atoms with Crippen LogP contribution < -0.4 is 0 Å². The fourth-order valence-corrected chi connectivity index (χ4v) is 2.19. The summed E-state index contributed by atoms with van der Waals surface area (Å²) >= 11 is 0. The molecule has 1 aromatic carbocycles. The largest absolute Gasteiger partial charge is 0.468 e. The van der Waals surface area contributed by atoms with Crippen molar-refractivity contribution in [2.75, 3.05) is 14.2 Å². The number of aryl methyl sites for hydroxylation is 1. The lowest BCUT2D eigenvalue weighted by molar-refractivity contribution is -0.736. The Kier molecular flexibility index (Phi) is 4.11. The zero-order chi connectivity index (χ0) is 15.6. The summed E-state index contributed by atoms with van der Waals surface area (Å²) in [7, 11) is 2.34. The molecule has 0 saturated carbocycles. The molecular weight excluding hydrogens is 278 g/mol. The maximum absolute atomic E-state index is 11.8. The molecule has 1 aromatic rings. The van der Waals surface area contributed by atoms with Gasteiger partial charge in [0.05, 0.1) is 19.1 Å². The Morgan fingerprint density at radius 3 is 2.33 bits per heavy atom. The van der Waals surface area contributed by atoms with Crippen LogP contribution in [0.2, 0.25) is 0 Å². The molecule has 0 bridgehead atoms. The first-order valence-electron chi connectivity index (χ1n) is 6.23. The third-order valence-electron chi connectivity index (χ3n) is 3.27. The molecular formula is C14H15NO6. The molecule has 0 aromatic heterocycles. The first kappa shape index (κ1) is 14.8. The molecule has 1 aliphatic rings. The fourth-order valence-electron chi connectivity index (χ4n) is 2.19. The second kappa shape index (κ2) is 5.82. The van der Waals surface area contributed by atoms with Gasteiger partial charge in [0.2, 0.25) is 0 Å². The molecule has 7 heteroatoms. The van der Waals surface area contributed by atoms with Crippen molar-refractivity contribution in [3.05, 3.63) is 40.6 Å². The van der Waals surface area contributed by atoms with Gasteiger partial charge < -0.3 is 14.3 Å². The van der Waals surface area contributed by atoms with Crippen molar-refractivity contribution in [1.82, 2.24) is 0 Å². The number of hydrogen-bond donors (Lipinski definition) is 0. The third kappa shape index (κ3) is 2.67. The predicted octanol–water partition coefficient (Wildman–Crippen LogP) is 0.690. The van der Waals surface area contributed by atoms with E-state index in [0.29, 0.717) is 5.56 Å². The van der Waals surface area contributed by atoms with Crippen LogP contribution in [-0.4, -0.2) is 42.9 Å². The smallest absolute Gasteiger partial charge is 0.405 e. The third-order valence-corrected chi connectivity index (χ3v) is 3.27. The minimum Gasteiger partial charge on any atom is -0.468 e. The Hall–Kier alpha value is -2.57. The molecule has 112 valence electrons. The molecule has 0 radical (unpaired) electrons. The number of carbonyl (C=O) groups is 2. The molecule has 2 rings (SSSR count). The summed E-state index contributed by atoms with van der Waals surface area (Å²) in [6.07, 6.45) is -1.22. The Balaban J connectivity index is 2.48. The van der Waals surface area contributed by atoms with Crippen molar-refractivity contribution in [1.29, 1.82) is 0 Å². The van der Waals surface area contributed by atoms with Crippen LogP contribution in [0.1, 0.15) is 17.0 Å². The number of nitrogens with zero attached hydrogens (tertiary/aromatic N) is 1. The fraction of sp³-hybridized carbons (Fsp3) is 0.357. The van der Waals surface area contributed by atoms with Crippen LogP contribution in [0.3, 0.4) is 0 Å². The van der Waals surface area contributed by atoms with Crippen LogP contribution in [0, 0.1) is 12.1 Å². The van der Waals surface area contributed by atoms with Gasteiger partial charge in [-0.15, -0.1) is 0 Å². The van der Waals surface area contributed by atoms with E-state index >= 15 is 0 Å². The van der Waals surface area contributed by atoms with E-state index in [1.54, 1.807) is 12.1 Å². The zero-order valence-electron chi connectivity index (χ0n) is 11.9. The van der Waals surface area contributed by atoms with Crippen LogP contribution in [0.5, 0.6) is 0 Å². The van der Waals surface area contributed by atoms with E-state index in [4.69, 9.17) is 4.84 Å². The second-order valence-electron chi connectivity index (χ2n) is 4.57. The molecule has 0 spiro atoms. The Morgan fingerprint density at radius 1 is 1.19 bits per heavy atom. The van der Waals surface area contributed by atoms with Gasteiger partial charge in [-0.1, -0.05) is 29.8 Å². The van der Waals surface area contributed by atoms with Gasteiger partial charge in [0.25, 0.3) is 0 Å². The van der Waals surface area contributed by atoms with E-state index in [9.17, 15) is 14.8 Å². The van der Waals surface area contributed by atoms with Gasteiger partial charge >= 0.3 is 17.7 Å². The Labute approximate surface area is 121 Å². The number of methoxy groups -OCH3 is 2. The highest BCUT2D eigenvalue weighted by atomic mass is 16.9. The SMILES string of the molecule is COC(=O)C1=[N+]([O-])OC(C(=O)OC)C1c1ccc(C)cc1. The van der Waals surface area contributed by atoms with Crippen molar-refractivity contribution in [3.63, 3.8) is 0 Å². The van der Waals surface area contributed by atoms with Crippen molar-refractivity contribution in [3.8, 4) is 0 Å². The van der Waals surface area contributed by atoms with Crippen LogP contribution >= 0.6 is 0 Å².